The van der Waals surface area contributed by atoms with Crippen molar-refractivity contribution in [2.24, 2.45) is 0 Å². The zero-order valence-corrected chi connectivity index (χ0v) is 12.7. The molecule has 1 aromatic carbocycles. The molecule has 0 N–H and O–H groups in total. The first-order valence-electron chi connectivity index (χ1n) is 7.70. The Labute approximate surface area is 118 Å². The van der Waals surface area contributed by atoms with E-state index in [0.29, 0.717) is 0 Å². The summed E-state index contributed by atoms with van der Waals surface area (Å²) in [6.07, 6.45) is 5.31. The Kier molecular flexibility index (Phi) is 5.26. The maximum Gasteiger partial charge on any atom is 0.0361 e. The molecule has 106 valence electrons. The van der Waals surface area contributed by atoms with Crippen molar-refractivity contribution < 1.29 is 0 Å². The van der Waals surface area contributed by atoms with Crippen molar-refractivity contribution in [3.8, 4) is 0 Å². The zero-order valence-electron chi connectivity index (χ0n) is 12.7. The second-order valence-electron chi connectivity index (χ2n) is 5.96. The van der Waals surface area contributed by atoms with Gasteiger partial charge in [-0.1, -0.05) is 25.5 Å². The molecular weight excluding hydrogens is 232 g/mol. The van der Waals surface area contributed by atoms with E-state index in [4.69, 9.17) is 0 Å². The number of anilines is 1. The van der Waals surface area contributed by atoms with Crippen molar-refractivity contribution >= 4 is 5.69 Å². The first-order chi connectivity index (χ1) is 9.20. The van der Waals surface area contributed by atoms with Gasteiger partial charge in [0.1, 0.15) is 0 Å². The molecule has 0 aliphatic carbocycles. The highest BCUT2D eigenvalue weighted by Gasteiger charge is 2.19. The van der Waals surface area contributed by atoms with E-state index in [0.717, 1.165) is 5.92 Å². The van der Waals surface area contributed by atoms with Gasteiger partial charge in [-0.2, -0.15) is 0 Å². The summed E-state index contributed by atoms with van der Waals surface area (Å²) < 4.78 is 0. The fourth-order valence-electron chi connectivity index (χ4n) is 2.92. The van der Waals surface area contributed by atoms with Crippen molar-refractivity contribution in [2.75, 3.05) is 38.6 Å². The maximum atomic E-state index is 2.63. The van der Waals surface area contributed by atoms with Crippen LogP contribution in [0.5, 0.6) is 0 Å². The van der Waals surface area contributed by atoms with Gasteiger partial charge in [-0.25, -0.2) is 0 Å². The standard InChI is InChI=1S/C17H28N2/c1-4-5-12-19-13-10-16(11-14-19)15-6-8-17(9-7-15)18(2)3/h6-9,16H,4-5,10-14H2,1-3H3. The molecule has 1 aliphatic rings. The third-order valence-electron chi connectivity index (χ3n) is 4.30. The van der Waals surface area contributed by atoms with Gasteiger partial charge in [-0.15, -0.1) is 0 Å². The molecule has 1 saturated heterocycles. The molecule has 0 amide bonds. The van der Waals surface area contributed by atoms with E-state index < -0.39 is 0 Å². The Balaban J connectivity index is 1.87. The van der Waals surface area contributed by atoms with Crippen LogP contribution in [-0.4, -0.2) is 38.6 Å². The highest BCUT2D eigenvalue weighted by Crippen LogP contribution is 2.29. The molecule has 0 aromatic heterocycles. The summed E-state index contributed by atoms with van der Waals surface area (Å²) in [6.45, 7) is 6.13. The first-order valence-corrected chi connectivity index (χ1v) is 7.70. The molecule has 0 bridgehead atoms. The van der Waals surface area contributed by atoms with E-state index in [1.54, 1.807) is 0 Å². The number of rotatable bonds is 5. The number of hydrogen-bond donors (Lipinski definition) is 0. The Morgan fingerprint density at radius 3 is 2.26 bits per heavy atom. The van der Waals surface area contributed by atoms with Gasteiger partial charge in [0.25, 0.3) is 0 Å². The minimum atomic E-state index is 0.772. The van der Waals surface area contributed by atoms with Gasteiger partial charge in [0.05, 0.1) is 0 Å². The quantitative estimate of drug-likeness (QED) is 0.796. The summed E-state index contributed by atoms with van der Waals surface area (Å²) in [5, 5.41) is 0. The molecule has 2 heteroatoms. The number of likely N-dealkylation sites (tertiary alicyclic amines) is 1. The van der Waals surface area contributed by atoms with Gasteiger partial charge in [0, 0.05) is 19.8 Å². The van der Waals surface area contributed by atoms with Crippen molar-refractivity contribution in [1.29, 1.82) is 0 Å². The fourth-order valence-corrected chi connectivity index (χ4v) is 2.92. The number of unbranched alkanes of at least 4 members (excludes halogenated alkanes) is 1. The van der Waals surface area contributed by atoms with Crippen LogP contribution in [0.2, 0.25) is 0 Å². The molecule has 2 nitrogen and oxygen atoms in total. The van der Waals surface area contributed by atoms with Gasteiger partial charge in [0.2, 0.25) is 0 Å². The lowest BCUT2D eigenvalue weighted by atomic mass is 9.89. The van der Waals surface area contributed by atoms with Crippen molar-refractivity contribution in [3.63, 3.8) is 0 Å². The highest BCUT2D eigenvalue weighted by atomic mass is 15.1. The Morgan fingerprint density at radius 1 is 1.11 bits per heavy atom. The summed E-state index contributed by atoms with van der Waals surface area (Å²) in [4.78, 5) is 4.80. The van der Waals surface area contributed by atoms with Crippen LogP contribution < -0.4 is 4.90 Å². The fraction of sp³-hybridized carbons (Fsp3) is 0.647. The van der Waals surface area contributed by atoms with Crippen LogP contribution in [0.4, 0.5) is 5.69 Å². The number of piperidine rings is 1. The van der Waals surface area contributed by atoms with Crippen molar-refractivity contribution in [3.05, 3.63) is 29.8 Å². The molecule has 1 aliphatic heterocycles. The molecular formula is C17H28N2. The normalized spacial score (nSPS) is 17.6. The van der Waals surface area contributed by atoms with Crippen LogP contribution in [0.15, 0.2) is 24.3 Å². The van der Waals surface area contributed by atoms with Crippen LogP contribution in [-0.2, 0) is 0 Å². The van der Waals surface area contributed by atoms with Crippen LogP contribution in [0.1, 0.15) is 44.1 Å². The van der Waals surface area contributed by atoms with E-state index in [-0.39, 0.29) is 0 Å². The molecule has 1 heterocycles. The van der Waals surface area contributed by atoms with Crippen molar-refractivity contribution in [2.45, 2.75) is 38.5 Å². The third kappa shape index (κ3) is 3.97. The van der Waals surface area contributed by atoms with Crippen LogP contribution in [0.3, 0.4) is 0 Å². The summed E-state index contributed by atoms with van der Waals surface area (Å²) in [7, 11) is 4.20. The van der Waals surface area contributed by atoms with Gasteiger partial charge in [0.15, 0.2) is 0 Å². The topological polar surface area (TPSA) is 6.48 Å². The molecule has 19 heavy (non-hydrogen) atoms. The number of benzene rings is 1. The average molecular weight is 260 g/mol. The average Bonchev–Trinajstić information content (AvgIpc) is 2.46. The second-order valence-corrected chi connectivity index (χ2v) is 5.96. The van der Waals surface area contributed by atoms with E-state index in [1.807, 2.05) is 0 Å². The minimum Gasteiger partial charge on any atom is -0.378 e. The molecule has 0 spiro atoms. The van der Waals surface area contributed by atoms with Gasteiger partial charge in [-0.05, 0) is 62.5 Å². The first kappa shape index (κ1) is 14.4. The lowest BCUT2D eigenvalue weighted by Crippen LogP contribution is -2.33. The van der Waals surface area contributed by atoms with E-state index >= 15 is 0 Å². The Morgan fingerprint density at radius 2 is 1.74 bits per heavy atom. The lowest BCUT2D eigenvalue weighted by molar-refractivity contribution is 0.209. The van der Waals surface area contributed by atoms with Gasteiger partial charge in [-0.3, -0.25) is 0 Å². The van der Waals surface area contributed by atoms with E-state index in [9.17, 15) is 0 Å². The predicted octanol–water partition coefficient (Wildman–Crippen LogP) is 3.73. The van der Waals surface area contributed by atoms with Gasteiger partial charge >= 0.3 is 0 Å². The van der Waals surface area contributed by atoms with Crippen LogP contribution >= 0.6 is 0 Å². The van der Waals surface area contributed by atoms with Gasteiger partial charge < -0.3 is 9.80 Å². The van der Waals surface area contributed by atoms with E-state index in [1.165, 1.54) is 56.6 Å². The highest BCUT2D eigenvalue weighted by molar-refractivity contribution is 5.46. The molecule has 1 fully saturated rings. The lowest BCUT2D eigenvalue weighted by Gasteiger charge is -2.32. The summed E-state index contributed by atoms with van der Waals surface area (Å²) in [6, 6.07) is 9.14. The SMILES string of the molecule is CCCCN1CCC(c2ccc(N(C)C)cc2)CC1. The minimum absolute atomic E-state index is 0.772. The molecule has 0 atom stereocenters. The van der Waals surface area contributed by atoms with Crippen LogP contribution in [0.25, 0.3) is 0 Å². The van der Waals surface area contributed by atoms with Crippen LogP contribution in [0, 0.1) is 0 Å². The van der Waals surface area contributed by atoms with E-state index in [2.05, 4.69) is 55.1 Å². The predicted molar refractivity (Wildman–Crippen MR) is 84.1 cm³/mol. The maximum absolute atomic E-state index is 2.63. The zero-order chi connectivity index (χ0) is 13.7. The summed E-state index contributed by atoms with van der Waals surface area (Å²) in [5.74, 6) is 0.772. The molecule has 1 aromatic rings. The number of hydrogen-bond acceptors (Lipinski definition) is 2. The number of nitrogens with zero attached hydrogens (tertiary/aromatic N) is 2. The molecule has 2 rings (SSSR count). The smallest absolute Gasteiger partial charge is 0.0361 e. The summed E-state index contributed by atoms with van der Waals surface area (Å²) in [5.41, 5.74) is 2.82. The second kappa shape index (κ2) is 6.95. The Hall–Kier alpha value is -1.02. The Bertz CT molecular complexity index is 361. The van der Waals surface area contributed by atoms with Crippen molar-refractivity contribution in [1.82, 2.24) is 4.90 Å². The largest absolute Gasteiger partial charge is 0.378 e. The molecule has 0 radical (unpaired) electrons. The third-order valence-corrected chi connectivity index (χ3v) is 4.30. The monoisotopic (exact) mass is 260 g/mol. The summed E-state index contributed by atoms with van der Waals surface area (Å²) >= 11 is 0. The molecule has 0 saturated carbocycles. The molecule has 0 unspecified atom stereocenters.